The molecule has 0 aliphatic carbocycles. The van der Waals surface area contributed by atoms with Crippen LogP contribution >= 0.6 is 0 Å². The molecule has 1 aromatic rings. The predicted octanol–water partition coefficient (Wildman–Crippen LogP) is 2.25. The van der Waals surface area contributed by atoms with Gasteiger partial charge in [0.2, 0.25) is 0 Å². The summed E-state index contributed by atoms with van der Waals surface area (Å²) >= 11 is 0. The number of hydrogen-bond donors (Lipinski definition) is 2. The van der Waals surface area contributed by atoms with Gasteiger partial charge in [-0.25, -0.2) is 0 Å². The van der Waals surface area contributed by atoms with Crippen LogP contribution in [0.4, 0.5) is 0 Å². The van der Waals surface area contributed by atoms with E-state index in [0.717, 1.165) is 24.0 Å². The lowest BCUT2D eigenvalue weighted by atomic mass is 9.99. The summed E-state index contributed by atoms with van der Waals surface area (Å²) in [5.74, 6) is 5.54. The Kier molecular flexibility index (Phi) is 4.46. The van der Waals surface area contributed by atoms with Crippen molar-refractivity contribution < 1.29 is 0 Å². The van der Waals surface area contributed by atoms with Crippen molar-refractivity contribution in [2.75, 3.05) is 0 Å². The molecule has 0 aromatic carbocycles. The van der Waals surface area contributed by atoms with E-state index in [2.05, 4.69) is 30.0 Å². The van der Waals surface area contributed by atoms with Crippen LogP contribution in [0.3, 0.4) is 0 Å². The fourth-order valence-electron chi connectivity index (χ4n) is 1.47. The van der Waals surface area contributed by atoms with Crippen molar-refractivity contribution in [3.8, 4) is 0 Å². The minimum atomic E-state index is 0.116. The molecule has 0 saturated heterocycles. The lowest BCUT2D eigenvalue weighted by Crippen LogP contribution is -2.28. The Labute approximate surface area is 91.4 Å². The topological polar surface area (TPSA) is 50.9 Å². The fraction of sp³-hybridized carbons (Fsp3) is 0.417. The molecule has 0 aliphatic heterocycles. The number of hydrogen-bond acceptors (Lipinski definition) is 3. The van der Waals surface area contributed by atoms with Crippen molar-refractivity contribution in [3.05, 3.63) is 41.7 Å². The molecule has 15 heavy (non-hydrogen) atoms. The second-order valence-electron chi connectivity index (χ2n) is 3.82. The van der Waals surface area contributed by atoms with Crippen molar-refractivity contribution in [2.45, 2.75) is 32.7 Å². The lowest BCUT2D eigenvalue weighted by molar-refractivity contribution is 0.543. The molecule has 1 rings (SSSR count). The van der Waals surface area contributed by atoms with E-state index >= 15 is 0 Å². The molecule has 0 saturated carbocycles. The standard InChI is InChI=1S/C12H19N3/c1-4-9(2)6-12(15-13)11-5-10(3)7-14-8-11/h5,7-8,12,15H,2,4,6,13H2,1,3H3. The Morgan fingerprint density at radius 2 is 2.33 bits per heavy atom. The van der Waals surface area contributed by atoms with Gasteiger partial charge in [-0.1, -0.05) is 25.1 Å². The molecule has 82 valence electrons. The molecule has 0 radical (unpaired) electrons. The van der Waals surface area contributed by atoms with Crippen molar-refractivity contribution in [3.63, 3.8) is 0 Å². The zero-order valence-corrected chi connectivity index (χ0v) is 9.46. The average Bonchev–Trinajstić information content (AvgIpc) is 2.25. The van der Waals surface area contributed by atoms with Gasteiger partial charge in [0, 0.05) is 12.4 Å². The summed E-state index contributed by atoms with van der Waals surface area (Å²) in [6.45, 7) is 8.12. The number of hydrazine groups is 1. The third kappa shape index (κ3) is 3.46. The van der Waals surface area contributed by atoms with Gasteiger partial charge < -0.3 is 0 Å². The summed E-state index contributed by atoms with van der Waals surface area (Å²) in [6.07, 6.45) is 5.53. The quantitative estimate of drug-likeness (QED) is 0.440. The maximum atomic E-state index is 5.54. The van der Waals surface area contributed by atoms with Gasteiger partial charge in [-0.2, -0.15) is 0 Å². The minimum absolute atomic E-state index is 0.116. The number of nitrogens with one attached hydrogen (secondary N) is 1. The lowest BCUT2D eigenvalue weighted by Gasteiger charge is -2.17. The van der Waals surface area contributed by atoms with Gasteiger partial charge in [0.05, 0.1) is 6.04 Å². The Morgan fingerprint density at radius 3 is 2.87 bits per heavy atom. The highest BCUT2D eigenvalue weighted by atomic mass is 15.2. The first-order valence-corrected chi connectivity index (χ1v) is 5.21. The maximum Gasteiger partial charge on any atom is 0.0512 e. The van der Waals surface area contributed by atoms with Crippen molar-refractivity contribution >= 4 is 0 Å². The summed E-state index contributed by atoms with van der Waals surface area (Å²) < 4.78 is 0. The molecule has 3 heteroatoms. The van der Waals surface area contributed by atoms with Gasteiger partial charge >= 0.3 is 0 Å². The first-order valence-electron chi connectivity index (χ1n) is 5.21. The summed E-state index contributed by atoms with van der Waals surface area (Å²) in [5, 5.41) is 0. The molecule has 1 heterocycles. The van der Waals surface area contributed by atoms with Gasteiger partial charge in [0.1, 0.15) is 0 Å². The van der Waals surface area contributed by atoms with E-state index in [0.29, 0.717) is 0 Å². The van der Waals surface area contributed by atoms with Gasteiger partial charge in [-0.15, -0.1) is 0 Å². The Bertz CT molecular complexity index is 333. The molecule has 0 amide bonds. The fourth-order valence-corrected chi connectivity index (χ4v) is 1.47. The molecule has 0 aliphatic rings. The van der Waals surface area contributed by atoms with Gasteiger partial charge in [-0.3, -0.25) is 16.3 Å². The Balaban J connectivity index is 2.78. The van der Waals surface area contributed by atoms with Crippen molar-refractivity contribution in [1.29, 1.82) is 0 Å². The predicted molar refractivity (Wildman–Crippen MR) is 63.1 cm³/mol. The van der Waals surface area contributed by atoms with Crippen molar-refractivity contribution in [1.82, 2.24) is 10.4 Å². The smallest absolute Gasteiger partial charge is 0.0512 e. The van der Waals surface area contributed by atoms with E-state index in [9.17, 15) is 0 Å². The highest BCUT2D eigenvalue weighted by molar-refractivity contribution is 5.21. The molecule has 3 nitrogen and oxygen atoms in total. The van der Waals surface area contributed by atoms with Crippen LogP contribution < -0.4 is 11.3 Å². The molecule has 3 N–H and O–H groups in total. The van der Waals surface area contributed by atoms with Gasteiger partial charge in [0.15, 0.2) is 0 Å². The minimum Gasteiger partial charge on any atom is -0.271 e. The van der Waals surface area contributed by atoms with Crippen LogP contribution in [0.1, 0.15) is 36.9 Å². The van der Waals surface area contributed by atoms with Crippen LogP contribution in [0.25, 0.3) is 0 Å². The van der Waals surface area contributed by atoms with E-state index in [1.165, 1.54) is 5.57 Å². The van der Waals surface area contributed by atoms with E-state index < -0.39 is 0 Å². The number of aromatic nitrogens is 1. The SMILES string of the molecule is C=C(CC)CC(NN)c1cncc(C)c1. The largest absolute Gasteiger partial charge is 0.271 e. The first kappa shape index (κ1) is 11.9. The van der Waals surface area contributed by atoms with Crippen LogP contribution in [0.2, 0.25) is 0 Å². The number of nitrogens with zero attached hydrogens (tertiary/aromatic N) is 1. The number of nitrogens with two attached hydrogens (primary N) is 1. The van der Waals surface area contributed by atoms with E-state index in [1.54, 1.807) is 0 Å². The normalized spacial score (nSPS) is 12.5. The number of rotatable bonds is 5. The third-order valence-electron chi connectivity index (χ3n) is 2.49. The number of aryl methyl sites for hydroxylation is 1. The highest BCUT2D eigenvalue weighted by Crippen LogP contribution is 2.20. The Morgan fingerprint density at radius 1 is 1.60 bits per heavy atom. The van der Waals surface area contributed by atoms with E-state index in [1.807, 2.05) is 19.3 Å². The summed E-state index contributed by atoms with van der Waals surface area (Å²) in [4.78, 5) is 4.16. The van der Waals surface area contributed by atoms with Crippen molar-refractivity contribution in [2.24, 2.45) is 5.84 Å². The molecule has 0 spiro atoms. The zero-order chi connectivity index (χ0) is 11.3. The summed E-state index contributed by atoms with van der Waals surface area (Å²) in [5.41, 5.74) is 6.27. The second-order valence-corrected chi connectivity index (χ2v) is 3.82. The number of pyridine rings is 1. The Hall–Kier alpha value is -1.19. The molecule has 1 aromatic heterocycles. The van der Waals surface area contributed by atoms with Crippen LogP contribution in [-0.2, 0) is 0 Å². The third-order valence-corrected chi connectivity index (χ3v) is 2.49. The second kappa shape index (κ2) is 5.63. The first-order chi connectivity index (χ1) is 7.17. The molecular weight excluding hydrogens is 186 g/mol. The summed E-state index contributed by atoms with van der Waals surface area (Å²) in [7, 11) is 0. The highest BCUT2D eigenvalue weighted by Gasteiger charge is 2.10. The molecule has 0 fully saturated rings. The molecule has 1 atom stereocenters. The molecule has 1 unspecified atom stereocenters. The van der Waals surface area contributed by atoms with E-state index in [-0.39, 0.29) is 6.04 Å². The van der Waals surface area contributed by atoms with Crippen LogP contribution in [0.5, 0.6) is 0 Å². The van der Waals surface area contributed by atoms with Crippen LogP contribution in [-0.4, -0.2) is 4.98 Å². The van der Waals surface area contributed by atoms with Crippen LogP contribution in [0, 0.1) is 6.92 Å². The average molecular weight is 205 g/mol. The molecular formula is C12H19N3. The monoisotopic (exact) mass is 205 g/mol. The van der Waals surface area contributed by atoms with Gasteiger partial charge in [0.25, 0.3) is 0 Å². The van der Waals surface area contributed by atoms with Crippen LogP contribution in [0.15, 0.2) is 30.6 Å². The van der Waals surface area contributed by atoms with E-state index in [4.69, 9.17) is 5.84 Å². The maximum absolute atomic E-state index is 5.54. The molecule has 0 bridgehead atoms. The van der Waals surface area contributed by atoms with Gasteiger partial charge in [-0.05, 0) is 30.9 Å². The summed E-state index contributed by atoms with van der Waals surface area (Å²) in [6, 6.07) is 2.21. The zero-order valence-electron chi connectivity index (χ0n) is 9.46.